The first-order chi connectivity index (χ1) is 22.2. The van der Waals surface area contributed by atoms with Crippen LogP contribution < -0.4 is 9.62 Å². The summed E-state index contributed by atoms with van der Waals surface area (Å²) in [7, 11) is -4.58. The van der Waals surface area contributed by atoms with Crippen molar-refractivity contribution in [3.05, 3.63) is 130 Å². The number of nitrogens with one attached hydrogen (secondary N) is 1. The molecule has 4 aromatic carbocycles. The van der Waals surface area contributed by atoms with Crippen molar-refractivity contribution in [2.75, 3.05) is 10.8 Å². The highest BCUT2D eigenvalue weighted by Crippen LogP contribution is 2.34. The predicted molar refractivity (Wildman–Crippen MR) is 177 cm³/mol. The van der Waals surface area contributed by atoms with E-state index in [0.29, 0.717) is 26.5 Å². The zero-order valence-corrected chi connectivity index (χ0v) is 27.7. The number of anilines is 1. The fraction of sp³-hybridized carbons (Fsp3) is 0.235. The molecule has 248 valence electrons. The molecule has 0 unspecified atom stereocenters. The van der Waals surface area contributed by atoms with Crippen LogP contribution in [0.3, 0.4) is 0 Å². The van der Waals surface area contributed by atoms with Crippen molar-refractivity contribution in [1.29, 1.82) is 0 Å². The lowest BCUT2D eigenvalue weighted by Gasteiger charge is -2.34. The van der Waals surface area contributed by atoms with E-state index in [1.807, 2.05) is 0 Å². The fourth-order valence-corrected chi connectivity index (χ4v) is 6.75. The molecule has 13 heteroatoms. The normalized spacial score (nSPS) is 12.4. The van der Waals surface area contributed by atoms with E-state index in [1.54, 1.807) is 62.4 Å². The summed E-state index contributed by atoms with van der Waals surface area (Å²) in [5.74, 6) is -1.37. The monoisotopic (exact) mass is 705 g/mol. The second-order valence-corrected chi connectivity index (χ2v) is 13.7. The molecular formula is C34H32Cl2F3N3O4S. The number of sulfonamides is 1. The van der Waals surface area contributed by atoms with Gasteiger partial charge in [-0.1, -0.05) is 83.9 Å². The van der Waals surface area contributed by atoms with Crippen LogP contribution in [0.1, 0.15) is 30.5 Å². The standard InChI is InChI=1S/C34H32Cl2F3N3O4S/c1-23(2)40-33(44)31(18-24-10-5-3-6-11-24)41(21-25-16-17-27(35)20-30(25)36)32(43)22-42(47(45,46)29-14-7-4-8-15-29)28-13-9-12-26(19-28)34(37,38)39/h3-17,19-20,23,31H,18,21-22H2,1-2H3,(H,40,44)/t31-/m0/s1. The van der Waals surface area contributed by atoms with E-state index in [0.717, 1.165) is 12.1 Å². The molecule has 0 heterocycles. The quantitative estimate of drug-likeness (QED) is 0.167. The van der Waals surface area contributed by atoms with Gasteiger partial charge in [-0.3, -0.25) is 13.9 Å². The Hall–Kier alpha value is -4.06. The first kappa shape index (κ1) is 35.8. The van der Waals surface area contributed by atoms with Crippen LogP contribution in [0.25, 0.3) is 0 Å². The van der Waals surface area contributed by atoms with Gasteiger partial charge >= 0.3 is 6.18 Å². The number of hydrogen-bond acceptors (Lipinski definition) is 4. The Labute approximate surface area is 282 Å². The van der Waals surface area contributed by atoms with Gasteiger partial charge in [0.05, 0.1) is 16.1 Å². The van der Waals surface area contributed by atoms with Gasteiger partial charge in [-0.2, -0.15) is 13.2 Å². The van der Waals surface area contributed by atoms with Crippen molar-refractivity contribution in [2.24, 2.45) is 0 Å². The molecule has 1 atom stereocenters. The summed E-state index contributed by atoms with van der Waals surface area (Å²) in [5, 5.41) is 3.36. The molecule has 0 aromatic heterocycles. The largest absolute Gasteiger partial charge is 0.416 e. The lowest BCUT2D eigenvalue weighted by atomic mass is 10.0. The second-order valence-electron chi connectivity index (χ2n) is 11.0. The van der Waals surface area contributed by atoms with Crippen LogP contribution in [0.4, 0.5) is 18.9 Å². The minimum absolute atomic E-state index is 0.0470. The van der Waals surface area contributed by atoms with Crippen LogP contribution in [-0.2, 0) is 38.8 Å². The summed E-state index contributed by atoms with van der Waals surface area (Å²) in [5.41, 5.74) is -0.356. The van der Waals surface area contributed by atoms with Crippen molar-refractivity contribution in [1.82, 2.24) is 10.2 Å². The van der Waals surface area contributed by atoms with Crippen molar-refractivity contribution < 1.29 is 31.2 Å². The van der Waals surface area contributed by atoms with Gasteiger partial charge in [-0.25, -0.2) is 8.42 Å². The number of rotatable bonds is 12. The molecule has 4 rings (SSSR count). The average Bonchev–Trinajstić information content (AvgIpc) is 3.02. The van der Waals surface area contributed by atoms with Crippen LogP contribution in [0.2, 0.25) is 10.0 Å². The number of carbonyl (C=O) groups is 2. The van der Waals surface area contributed by atoms with E-state index in [4.69, 9.17) is 23.2 Å². The van der Waals surface area contributed by atoms with E-state index in [-0.39, 0.29) is 34.6 Å². The van der Waals surface area contributed by atoms with Gasteiger partial charge in [-0.15, -0.1) is 0 Å². The van der Waals surface area contributed by atoms with Crippen LogP contribution in [-0.4, -0.2) is 43.8 Å². The fourth-order valence-electron chi connectivity index (χ4n) is 4.85. The Bertz CT molecular complexity index is 1810. The molecule has 0 fully saturated rings. The molecule has 0 saturated heterocycles. The Morgan fingerprint density at radius 1 is 0.851 bits per heavy atom. The number of nitrogens with zero attached hydrogens (tertiary/aromatic N) is 2. The van der Waals surface area contributed by atoms with Crippen molar-refractivity contribution >= 4 is 50.7 Å². The third kappa shape index (κ3) is 9.27. The predicted octanol–water partition coefficient (Wildman–Crippen LogP) is 7.37. The van der Waals surface area contributed by atoms with Gasteiger partial charge in [-0.05, 0) is 67.4 Å². The molecule has 0 aliphatic carbocycles. The van der Waals surface area contributed by atoms with Crippen LogP contribution in [0, 0.1) is 0 Å². The summed E-state index contributed by atoms with van der Waals surface area (Å²) in [6.45, 7) is 2.34. The molecule has 0 aliphatic rings. The maximum atomic E-state index is 14.4. The van der Waals surface area contributed by atoms with E-state index in [2.05, 4.69) is 5.32 Å². The van der Waals surface area contributed by atoms with Crippen molar-refractivity contribution in [2.45, 2.75) is 50.0 Å². The third-order valence-corrected chi connectivity index (χ3v) is 9.50. The summed E-state index contributed by atoms with van der Waals surface area (Å²) in [6.07, 6.45) is -4.74. The molecule has 47 heavy (non-hydrogen) atoms. The lowest BCUT2D eigenvalue weighted by molar-refractivity contribution is -0.140. The number of benzene rings is 4. The zero-order chi connectivity index (χ0) is 34.4. The maximum Gasteiger partial charge on any atom is 0.416 e. The van der Waals surface area contributed by atoms with Gasteiger partial charge < -0.3 is 10.2 Å². The van der Waals surface area contributed by atoms with E-state index in [9.17, 15) is 31.2 Å². The first-order valence-electron chi connectivity index (χ1n) is 14.5. The highest BCUT2D eigenvalue weighted by atomic mass is 35.5. The number of hydrogen-bond donors (Lipinski definition) is 1. The molecule has 1 N–H and O–H groups in total. The molecule has 2 amide bonds. The third-order valence-electron chi connectivity index (χ3n) is 7.13. The minimum Gasteiger partial charge on any atom is -0.352 e. The van der Waals surface area contributed by atoms with Gasteiger partial charge in [0.15, 0.2) is 0 Å². The molecule has 7 nitrogen and oxygen atoms in total. The number of halogens is 5. The molecule has 0 radical (unpaired) electrons. The topological polar surface area (TPSA) is 86.8 Å². The van der Waals surface area contributed by atoms with Crippen LogP contribution in [0.15, 0.2) is 108 Å². The lowest BCUT2D eigenvalue weighted by Crippen LogP contribution is -2.54. The maximum absolute atomic E-state index is 14.4. The number of alkyl halides is 3. The van der Waals surface area contributed by atoms with Crippen LogP contribution >= 0.6 is 23.2 Å². The molecule has 0 bridgehead atoms. The summed E-state index contributed by atoms with van der Waals surface area (Å²) < 4.78 is 69.9. The van der Waals surface area contributed by atoms with E-state index < -0.39 is 46.2 Å². The van der Waals surface area contributed by atoms with Gasteiger partial charge in [0, 0.05) is 29.1 Å². The summed E-state index contributed by atoms with van der Waals surface area (Å²) in [4.78, 5) is 29.1. The molecule has 4 aromatic rings. The molecular weight excluding hydrogens is 674 g/mol. The Kier molecular flexibility index (Phi) is 11.6. The molecule has 0 saturated carbocycles. The average molecular weight is 707 g/mol. The summed E-state index contributed by atoms with van der Waals surface area (Å²) in [6, 6.07) is 22.8. The van der Waals surface area contributed by atoms with Gasteiger partial charge in [0.2, 0.25) is 11.8 Å². The summed E-state index contributed by atoms with van der Waals surface area (Å²) >= 11 is 12.6. The Balaban J connectivity index is 1.86. The number of carbonyl (C=O) groups excluding carboxylic acids is 2. The van der Waals surface area contributed by atoms with E-state index >= 15 is 0 Å². The van der Waals surface area contributed by atoms with Gasteiger partial charge in [0.25, 0.3) is 10.0 Å². The van der Waals surface area contributed by atoms with E-state index in [1.165, 1.54) is 41.3 Å². The number of amides is 2. The van der Waals surface area contributed by atoms with Crippen LogP contribution in [0.5, 0.6) is 0 Å². The minimum atomic E-state index is -4.78. The van der Waals surface area contributed by atoms with Gasteiger partial charge in [0.1, 0.15) is 12.6 Å². The second kappa shape index (κ2) is 15.2. The SMILES string of the molecule is CC(C)NC(=O)[C@H](Cc1ccccc1)N(Cc1ccc(Cl)cc1Cl)C(=O)CN(c1cccc(C(F)(F)F)c1)S(=O)(=O)c1ccccc1. The van der Waals surface area contributed by atoms with Crippen molar-refractivity contribution in [3.63, 3.8) is 0 Å². The zero-order valence-electron chi connectivity index (χ0n) is 25.4. The Morgan fingerprint density at radius 2 is 1.49 bits per heavy atom. The first-order valence-corrected chi connectivity index (χ1v) is 16.7. The highest BCUT2D eigenvalue weighted by Gasteiger charge is 2.36. The van der Waals surface area contributed by atoms with Crippen molar-refractivity contribution in [3.8, 4) is 0 Å². The molecule has 0 spiro atoms. The highest BCUT2D eigenvalue weighted by molar-refractivity contribution is 7.92. The Morgan fingerprint density at radius 3 is 2.09 bits per heavy atom. The smallest absolute Gasteiger partial charge is 0.352 e. The molecule has 0 aliphatic heterocycles.